The number of hydrogen-bond acceptors (Lipinski definition) is 16. The lowest BCUT2D eigenvalue weighted by Gasteiger charge is -2.38. The van der Waals surface area contributed by atoms with Gasteiger partial charge in [0.1, 0.15) is 28.8 Å². The summed E-state index contributed by atoms with van der Waals surface area (Å²) in [5.74, 6) is -6.43. The highest BCUT2D eigenvalue weighted by molar-refractivity contribution is 6.16. The van der Waals surface area contributed by atoms with Gasteiger partial charge in [-0.15, -0.1) is 0 Å². The summed E-state index contributed by atoms with van der Waals surface area (Å²) < 4.78 is 30.5. The molecule has 1 unspecified atom stereocenters. The summed E-state index contributed by atoms with van der Waals surface area (Å²) in [5, 5.41) is 49.3. The molecule has 17 nitrogen and oxygen atoms in total. The minimum Gasteiger partial charge on any atom is -0.507 e. The molecule has 4 aromatic rings. The van der Waals surface area contributed by atoms with Gasteiger partial charge in [0.05, 0.1) is 35.2 Å². The summed E-state index contributed by atoms with van der Waals surface area (Å²) in [5.41, 5.74) is -1.35. The summed E-state index contributed by atoms with van der Waals surface area (Å²) in [6.07, 6.45) is 3.57. The van der Waals surface area contributed by atoms with Crippen LogP contribution in [0.1, 0.15) is 67.9 Å². The van der Waals surface area contributed by atoms with Gasteiger partial charge < -0.3 is 54.0 Å². The van der Waals surface area contributed by atoms with Crippen LogP contribution in [-0.2, 0) is 23.8 Å². The zero-order chi connectivity index (χ0) is 49.7. The number of aromatic hydroxyl groups is 1. The highest BCUT2D eigenvalue weighted by Crippen LogP contribution is 2.42. The van der Waals surface area contributed by atoms with Crippen LogP contribution >= 0.6 is 0 Å². The number of methoxy groups -OCH3 is 1. The van der Waals surface area contributed by atoms with E-state index in [9.17, 15) is 39.6 Å². The predicted octanol–water partition coefficient (Wildman–Crippen LogP) is 5.34. The van der Waals surface area contributed by atoms with Gasteiger partial charge >= 0.3 is 11.8 Å². The summed E-state index contributed by atoms with van der Waals surface area (Å²) in [6.45, 7) is 20.8. The van der Waals surface area contributed by atoms with E-state index in [2.05, 4.69) is 29.0 Å². The summed E-state index contributed by atoms with van der Waals surface area (Å²) >= 11 is 0. The minimum absolute atomic E-state index is 0.0390. The molecule has 1 fully saturated rings. The Hall–Kier alpha value is -6.01. The van der Waals surface area contributed by atoms with Crippen LogP contribution in [0.15, 0.2) is 62.3 Å². The molecule has 17 heteroatoms. The van der Waals surface area contributed by atoms with Crippen molar-refractivity contribution in [2.45, 2.75) is 99.4 Å². The molecule has 68 heavy (non-hydrogen) atoms. The van der Waals surface area contributed by atoms with Crippen molar-refractivity contribution in [2.24, 2.45) is 29.6 Å². The van der Waals surface area contributed by atoms with E-state index in [0.717, 1.165) is 19.6 Å². The number of anilines is 2. The van der Waals surface area contributed by atoms with Crippen LogP contribution < -0.4 is 31.0 Å². The fourth-order valence-corrected chi connectivity index (χ4v) is 9.76. The topological polar surface area (TPSA) is 231 Å². The maximum absolute atomic E-state index is 14.9. The lowest BCUT2D eigenvalue weighted by atomic mass is 9.78. The van der Waals surface area contributed by atoms with Crippen LogP contribution in [-0.4, -0.2) is 112 Å². The number of ether oxygens (including phenoxy) is 4. The van der Waals surface area contributed by atoms with Gasteiger partial charge in [-0.2, -0.15) is 0 Å². The van der Waals surface area contributed by atoms with E-state index in [-0.39, 0.29) is 60.8 Å². The first-order chi connectivity index (χ1) is 32.1. The van der Waals surface area contributed by atoms with Crippen LogP contribution in [0.25, 0.3) is 38.7 Å². The first-order valence-electron chi connectivity index (χ1n) is 23.2. The third-order valence-corrected chi connectivity index (χ3v) is 13.8. The smallest absolute Gasteiger partial charge is 0.307 e. The summed E-state index contributed by atoms with van der Waals surface area (Å²) in [6, 6.07) is 3.16. The Morgan fingerprint density at radius 1 is 0.956 bits per heavy atom. The van der Waals surface area contributed by atoms with Crippen molar-refractivity contribution in [3.63, 3.8) is 0 Å². The van der Waals surface area contributed by atoms with Gasteiger partial charge in [0, 0.05) is 112 Å². The molecule has 5 N–H and O–H groups in total. The fraction of sp³-hybridized carbons (Fsp3) is 0.510. The maximum atomic E-state index is 14.9. The number of aliphatic hydroxyl groups is 3. The van der Waals surface area contributed by atoms with Gasteiger partial charge in [0.25, 0.3) is 5.91 Å². The number of benzene rings is 3. The number of carbonyl (C=O) groups is 2. The Kier molecular flexibility index (Phi) is 14.3. The number of allylic oxidation sites excluding steroid dienone is 2. The molecule has 366 valence electrons. The maximum Gasteiger partial charge on any atom is 0.307 e. The Morgan fingerprint density at radius 2 is 1.65 bits per heavy atom. The Balaban J connectivity index is 1.46. The minimum atomic E-state index is -1.98. The number of piperazine rings is 1. The van der Waals surface area contributed by atoms with Crippen LogP contribution in [0, 0.1) is 36.5 Å². The number of phenols is 1. The molecule has 1 aromatic heterocycles. The zero-order valence-corrected chi connectivity index (χ0v) is 40.6. The molecule has 0 aliphatic carbocycles. The normalized spacial score (nSPS) is 27.8. The fourth-order valence-electron chi connectivity index (χ4n) is 9.76. The first-order valence-corrected chi connectivity index (χ1v) is 23.2. The molecule has 0 spiro atoms. The average Bonchev–Trinajstić information content (AvgIpc) is 3.56. The van der Waals surface area contributed by atoms with E-state index in [0.29, 0.717) is 24.7 Å². The van der Waals surface area contributed by atoms with E-state index in [1.54, 1.807) is 45.9 Å². The quantitative estimate of drug-likeness (QED) is 0.0966. The SMILES string of the molecule is CO[C@H]1C=COC2(C)Oc3c(C)c(O)c4c(=O)c(c5oc6cc(N7CCN(CC(C)C)CC7)cc(=O)c6nc5c4c3=C2O)NC(=O)C(C)=CC=C[C@H](C)[C@H](O)[C@@H](C)[C@@H](O)[C@@H](C)[C@H](OC(C)=O)[C@@H]1C. The van der Waals surface area contributed by atoms with Crippen molar-refractivity contribution >= 4 is 62.0 Å². The van der Waals surface area contributed by atoms with Crippen molar-refractivity contribution in [3.8, 4) is 11.5 Å². The van der Waals surface area contributed by atoms with Gasteiger partial charge in [-0.1, -0.05) is 59.8 Å². The van der Waals surface area contributed by atoms with Crippen molar-refractivity contribution in [1.29, 1.82) is 0 Å². The van der Waals surface area contributed by atoms with E-state index in [4.69, 9.17) is 28.3 Å². The predicted molar refractivity (Wildman–Crippen MR) is 259 cm³/mol. The number of nitrogens with one attached hydrogen (secondary N) is 1. The van der Waals surface area contributed by atoms with Crippen molar-refractivity contribution < 1.29 is 53.4 Å². The summed E-state index contributed by atoms with van der Waals surface area (Å²) in [7, 11) is 1.45. The molecular formula is C51H64N4O13. The second kappa shape index (κ2) is 19.5. The lowest BCUT2D eigenvalue weighted by molar-refractivity contribution is -0.160. The number of esters is 1. The third kappa shape index (κ3) is 9.28. The van der Waals surface area contributed by atoms with Gasteiger partial charge in [-0.25, -0.2) is 4.98 Å². The molecule has 4 heterocycles. The van der Waals surface area contributed by atoms with Crippen molar-refractivity contribution in [2.75, 3.05) is 50.1 Å². The number of phenolic OH excluding ortho intramolecular Hbond substituents is 1. The number of nitrogens with zero attached hydrogens (tertiary/aromatic N) is 3. The number of aliphatic hydroxyl groups excluding tert-OH is 3. The van der Waals surface area contributed by atoms with Gasteiger partial charge in [-0.05, 0) is 25.8 Å². The molecule has 3 aliphatic heterocycles. The largest absolute Gasteiger partial charge is 0.507 e. The van der Waals surface area contributed by atoms with Crippen LogP contribution in [0.2, 0.25) is 0 Å². The van der Waals surface area contributed by atoms with Gasteiger partial charge in [0.2, 0.25) is 10.9 Å². The molecule has 3 aromatic carbocycles. The zero-order valence-electron chi connectivity index (χ0n) is 40.6. The number of amides is 1. The molecule has 0 saturated carbocycles. The number of hydrogen-bond donors (Lipinski definition) is 5. The van der Waals surface area contributed by atoms with Crippen molar-refractivity contribution in [1.82, 2.24) is 9.88 Å². The van der Waals surface area contributed by atoms with E-state index in [1.165, 1.54) is 59.3 Å². The second-order valence-electron chi connectivity index (χ2n) is 19.2. The number of carbonyl (C=O) groups excluding carboxylic acids is 2. The highest BCUT2D eigenvalue weighted by Gasteiger charge is 2.44. The number of fused-ring (bicyclic) bond motifs is 2. The van der Waals surface area contributed by atoms with E-state index < -0.39 is 88.1 Å². The van der Waals surface area contributed by atoms with E-state index in [1.807, 2.05) is 0 Å². The van der Waals surface area contributed by atoms with E-state index >= 15 is 0 Å². The Morgan fingerprint density at radius 3 is 2.29 bits per heavy atom. The molecule has 1 amide bonds. The number of aromatic nitrogens is 1. The molecule has 7 rings (SSSR count). The summed E-state index contributed by atoms with van der Waals surface area (Å²) in [4.78, 5) is 64.7. The average molecular weight is 941 g/mol. The Bertz CT molecular complexity index is 2900. The van der Waals surface area contributed by atoms with Gasteiger partial charge in [0.15, 0.2) is 22.4 Å². The Labute approximate surface area is 394 Å². The third-order valence-electron chi connectivity index (χ3n) is 13.8. The molecule has 1 saturated heterocycles. The molecule has 4 bridgehead atoms. The standard InChI is InChI=1S/C51H64N4O13/c1-24(2)23-54-16-18-55(19-17-54)32-21-33(57)39-35(22-32)67-48-40(52-39)36-37-44(60)30(8)47-38(36)49(62)51(10,68-47)65-20-15-34(64-11)27(5)46(66-31(9)56)29(7)43(59)28(6)42(58)25(3)13-12-14-26(4)50(63)53-41(48)45(37)61/h12-15,20-22,24-25,27-29,34,42-43,46,58-60,62H,16-19,23H2,1-11H3,(H,53,63)/t25-,27+,28+,29+,34-,42-,43+,46+,51?/m0/s1. The van der Waals surface area contributed by atoms with Gasteiger partial charge in [-0.3, -0.25) is 24.1 Å². The molecular weight excluding hydrogens is 877 g/mol. The second-order valence-corrected chi connectivity index (χ2v) is 19.2. The highest BCUT2D eigenvalue weighted by atomic mass is 16.7. The van der Waals surface area contributed by atoms with Crippen LogP contribution in [0.5, 0.6) is 11.5 Å². The van der Waals surface area contributed by atoms with Crippen LogP contribution in [0.3, 0.4) is 0 Å². The lowest BCUT2D eigenvalue weighted by Crippen LogP contribution is -2.47. The van der Waals surface area contributed by atoms with Crippen molar-refractivity contribution in [3.05, 3.63) is 79.5 Å². The first kappa shape index (κ1) is 49.9. The monoisotopic (exact) mass is 940 g/mol. The molecule has 9 atom stereocenters. The van der Waals surface area contributed by atoms with Crippen LogP contribution in [0.4, 0.5) is 11.4 Å². The molecule has 3 aliphatic rings. The molecule has 0 radical (unpaired) electrons. The number of rotatable bonds is 5.